The van der Waals surface area contributed by atoms with E-state index in [0.717, 1.165) is 12.8 Å². The molecule has 0 spiro atoms. The van der Waals surface area contributed by atoms with Crippen molar-refractivity contribution in [2.45, 2.75) is 38.1 Å². The van der Waals surface area contributed by atoms with Crippen LogP contribution < -0.4 is 0 Å². The zero-order valence-corrected chi connectivity index (χ0v) is 11.1. The molecule has 1 aromatic rings. The molecule has 0 N–H and O–H groups in total. The highest BCUT2D eigenvalue weighted by molar-refractivity contribution is 6.69. The summed E-state index contributed by atoms with van der Waals surface area (Å²) in [6.45, 7) is 6.40. The number of benzene rings is 1. The van der Waals surface area contributed by atoms with Crippen molar-refractivity contribution in [3.8, 4) is 6.07 Å². The highest BCUT2D eigenvalue weighted by Gasteiger charge is 2.41. The predicted octanol–water partition coefficient (Wildman–Crippen LogP) is 2.90. The molecule has 0 unspecified atom stereocenters. The third kappa shape index (κ3) is 2.18. The van der Waals surface area contributed by atoms with Crippen LogP contribution in [0.1, 0.15) is 11.1 Å². The Balaban J connectivity index is 2.27. The summed E-state index contributed by atoms with van der Waals surface area (Å²) < 4.78 is 6.10. The van der Waals surface area contributed by atoms with Gasteiger partial charge in [-0.25, -0.2) is 0 Å². The predicted molar refractivity (Wildman–Crippen MR) is 66.6 cm³/mol. The van der Waals surface area contributed by atoms with Gasteiger partial charge < -0.3 is 4.43 Å². The Labute approximate surface area is 98.0 Å². The van der Waals surface area contributed by atoms with Crippen molar-refractivity contribution in [1.82, 2.24) is 0 Å². The smallest absolute Gasteiger partial charge is 0.185 e. The number of rotatable bonds is 2. The Kier molecular flexibility index (Phi) is 2.65. The molecule has 0 radical (unpaired) electrons. The van der Waals surface area contributed by atoms with Gasteiger partial charge in [-0.1, -0.05) is 24.3 Å². The SMILES string of the molecule is C[Si](C)(C)OC1(C#N)Cc2ccccc2C1. The maximum Gasteiger partial charge on any atom is 0.185 e. The lowest BCUT2D eigenvalue weighted by molar-refractivity contribution is 0.132. The molecule has 0 saturated heterocycles. The van der Waals surface area contributed by atoms with Crippen molar-refractivity contribution < 1.29 is 4.43 Å². The molecule has 1 aliphatic carbocycles. The average Bonchev–Trinajstić information content (AvgIpc) is 2.53. The van der Waals surface area contributed by atoms with Crippen LogP contribution in [-0.2, 0) is 17.3 Å². The summed E-state index contributed by atoms with van der Waals surface area (Å²) in [5, 5.41) is 9.40. The molecule has 3 heteroatoms. The first kappa shape index (κ1) is 11.4. The van der Waals surface area contributed by atoms with Crippen LogP contribution in [0.15, 0.2) is 24.3 Å². The summed E-state index contributed by atoms with van der Waals surface area (Å²) in [4.78, 5) is 0. The number of hydrogen-bond donors (Lipinski definition) is 0. The van der Waals surface area contributed by atoms with Crippen molar-refractivity contribution in [3.63, 3.8) is 0 Å². The number of fused-ring (bicyclic) bond motifs is 1. The second kappa shape index (κ2) is 3.72. The lowest BCUT2D eigenvalue weighted by Crippen LogP contribution is -2.42. The molecule has 0 aliphatic heterocycles. The van der Waals surface area contributed by atoms with Crippen LogP contribution in [0.5, 0.6) is 0 Å². The first-order valence-corrected chi connectivity index (χ1v) is 9.03. The topological polar surface area (TPSA) is 33.0 Å². The van der Waals surface area contributed by atoms with Gasteiger partial charge in [-0.05, 0) is 30.8 Å². The van der Waals surface area contributed by atoms with Crippen LogP contribution in [0.3, 0.4) is 0 Å². The van der Waals surface area contributed by atoms with Crippen molar-refractivity contribution in [3.05, 3.63) is 35.4 Å². The van der Waals surface area contributed by atoms with Crippen LogP contribution in [0.4, 0.5) is 0 Å². The van der Waals surface area contributed by atoms with Crippen molar-refractivity contribution >= 4 is 8.32 Å². The molecule has 0 bridgehead atoms. The molecular formula is C13H17NOSi. The maximum absolute atomic E-state index is 9.40. The van der Waals surface area contributed by atoms with Gasteiger partial charge in [0, 0.05) is 12.8 Å². The molecular weight excluding hydrogens is 214 g/mol. The zero-order valence-electron chi connectivity index (χ0n) is 10.1. The van der Waals surface area contributed by atoms with Gasteiger partial charge in [0.25, 0.3) is 0 Å². The molecule has 2 nitrogen and oxygen atoms in total. The van der Waals surface area contributed by atoms with E-state index in [-0.39, 0.29) is 0 Å². The quantitative estimate of drug-likeness (QED) is 0.733. The largest absolute Gasteiger partial charge is 0.399 e. The molecule has 0 heterocycles. The van der Waals surface area contributed by atoms with Crippen molar-refractivity contribution in [2.75, 3.05) is 0 Å². The van der Waals surface area contributed by atoms with Gasteiger partial charge in [-0.2, -0.15) is 5.26 Å². The third-order valence-electron chi connectivity index (χ3n) is 2.78. The van der Waals surface area contributed by atoms with E-state index in [0.29, 0.717) is 0 Å². The second-order valence-corrected chi connectivity index (χ2v) is 9.87. The van der Waals surface area contributed by atoms with Gasteiger partial charge in [0.05, 0.1) is 6.07 Å². The van der Waals surface area contributed by atoms with Crippen molar-refractivity contribution in [1.29, 1.82) is 5.26 Å². The van der Waals surface area contributed by atoms with Gasteiger partial charge in [-0.3, -0.25) is 0 Å². The van der Waals surface area contributed by atoms with Crippen molar-refractivity contribution in [2.24, 2.45) is 0 Å². The molecule has 0 fully saturated rings. The summed E-state index contributed by atoms with van der Waals surface area (Å²) in [5.41, 5.74) is 1.93. The van der Waals surface area contributed by atoms with E-state index in [4.69, 9.17) is 4.43 Å². The lowest BCUT2D eigenvalue weighted by Gasteiger charge is -2.29. The Hall–Kier alpha value is -1.11. The van der Waals surface area contributed by atoms with E-state index in [1.807, 2.05) is 12.1 Å². The van der Waals surface area contributed by atoms with Gasteiger partial charge in [0.2, 0.25) is 0 Å². The van der Waals surface area contributed by atoms with Gasteiger partial charge in [-0.15, -0.1) is 0 Å². The number of nitrogens with zero attached hydrogens (tertiary/aromatic N) is 1. The minimum Gasteiger partial charge on any atom is -0.399 e. The zero-order chi connectivity index (χ0) is 11.8. The maximum atomic E-state index is 9.40. The Bertz CT molecular complexity index is 417. The van der Waals surface area contributed by atoms with E-state index in [2.05, 4.69) is 37.8 Å². The van der Waals surface area contributed by atoms with Crippen LogP contribution >= 0.6 is 0 Å². The number of hydrogen-bond acceptors (Lipinski definition) is 2. The highest BCUT2D eigenvalue weighted by Crippen LogP contribution is 2.34. The highest BCUT2D eigenvalue weighted by atomic mass is 28.4. The monoisotopic (exact) mass is 231 g/mol. The summed E-state index contributed by atoms with van der Waals surface area (Å²) >= 11 is 0. The van der Waals surface area contributed by atoms with Crippen LogP contribution in [-0.4, -0.2) is 13.9 Å². The molecule has 16 heavy (non-hydrogen) atoms. The van der Waals surface area contributed by atoms with Gasteiger partial charge >= 0.3 is 0 Å². The van der Waals surface area contributed by atoms with Gasteiger partial charge in [0.15, 0.2) is 13.9 Å². The lowest BCUT2D eigenvalue weighted by atomic mass is 10.0. The molecule has 84 valence electrons. The molecule has 0 aromatic heterocycles. The van der Waals surface area contributed by atoms with E-state index in [9.17, 15) is 5.26 Å². The minimum absolute atomic E-state index is 0.603. The fourth-order valence-corrected chi connectivity index (χ4v) is 3.70. The first-order chi connectivity index (χ1) is 7.44. The summed E-state index contributed by atoms with van der Waals surface area (Å²) in [6.07, 6.45) is 1.48. The molecule has 1 aliphatic rings. The van der Waals surface area contributed by atoms with Crippen LogP contribution in [0.25, 0.3) is 0 Å². The fraction of sp³-hybridized carbons (Fsp3) is 0.462. The Morgan fingerprint density at radius 3 is 2.06 bits per heavy atom. The Morgan fingerprint density at radius 1 is 1.19 bits per heavy atom. The minimum atomic E-state index is -1.68. The fourth-order valence-electron chi connectivity index (χ4n) is 2.34. The van der Waals surface area contributed by atoms with E-state index < -0.39 is 13.9 Å². The summed E-state index contributed by atoms with van der Waals surface area (Å²) in [5.74, 6) is 0. The van der Waals surface area contributed by atoms with Crippen LogP contribution in [0, 0.1) is 11.3 Å². The van der Waals surface area contributed by atoms with E-state index >= 15 is 0 Å². The molecule has 2 rings (SSSR count). The normalized spacial score (nSPS) is 17.9. The first-order valence-electron chi connectivity index (χ1n) is 5.62. The van der Waals surface area contributed by atoms with Gasteiger partial charge in [0.1, 0.15) is 0 Å². The Morgan fingerprint density at radius 2 is 1.69 bits per heavy atom. The average molecular weight is 231 g/mol. The standard InChI is InChI=1S/C13H17NOSi/c1-16(2,3)15-13(10-14)8-11-6-4-5-7-12(11)9-13/h4-7H,8-9H2,1-3H3. The molecule has 0 amide bonds. The second-order valence-electron chi connectivity index (χ2n) is 5.44. The van der Waals surface area contributed by atoms with E-state index in [1.165, 1.54) is 11.1 Å². The molecule has 0 saturated carbocycles. The van der Waals surface area contributed by atoms with E-state index in [1.54, 1.807) is 0 Å². The summed E-state index contributed by atoms with van der Waals surface area (Å²) in [6, 6.07) is 10.6. The number of nitriles is 1. The third-order valence-corrected chi connectivity index (χ3v) is 3.78. The van der Waals surface area contributed by atoms with Crippen LogP contribution in [0.2, 0.25) is 19.6 Å². The molecule has 1 aromatic carbocycles. The molecule has 0 atom stereocenters. The summed E-state index contributed by atoms with van der Waals surface area (Å²) in [7, 11) is -1.68.